The number of morpholine rings is 1. The van der Waals surface area contributed by atoms with Crippen LogP contribution in [0.5, 0.6) is 0 Å². The van der Waals surface area contributed by atoms with E-state index in [4.69, 9.17) is 15.4 Å². The van der Waals surface area contributed by atoms with E-state index in [0.717, 1.165) is 45.7 Å². The summed E-state index contributed by atoms with van der Waals surface area (Å²) in [7, 11) is 1.73. The van der Waals surface area contributed by atoms with Gasteiger partial charge >= 0.3 is 0 Å². The Morgan fingerprint density at radius 1 is 1.19 bits per heavy atom. The molecule has 8 heteroatoms. The predicted molar refractivity (Wildman–Crippen MR) is 80.8 cm³/mol. The lowest BCUT2D eigenvalue weighted by Crippen LogP contribution is -2.37. The van der Waals surface area contributed by atoms with E-state index in [1.54, 1.807) is 4.90 Å². The Kier molecular flexibility index (Phi) is 6.28. The highest BCUT2D eigenvalue weighted by Gasteiger charge is 2.31. The number of ether oxygens (including phenoxy) is 1. The van der Waals surface area contributed by atoms with Crippen LogP contribution in [-0.2, 0) is 18.6 Å². The molecule has 1 unspecified atom stereocenters. The number of carbonyl (C=O) groups excluding carboxylic acids is 1. The molecule has 0 spiro atoms. The molecule has 2 rings (SSSR count). The van der Waals surface area contributed by atoms with Crippen molar-refractivity contribution in [3.8, 4) is 0 Å². The zero-order chi connectivity index (χ0) is 15.3. The molecule has 0 bridgehead atoms. The molecule has 21 heavy (non-hydrogen) atoms. The quantitative estimate of drug-likeness (QED) is 0.500. The van der Waals surface area contributed by atoms with Crippen molar-refractivity contribution in [2.24, 2.45) is 5.92 Å². The van der Waals surface area contributed by atoms with Gasteiger partial charge in [0.25, 0.3) is 0 Å². The normalized spacial score (nSPS) is 24.7. The van der Waals surface area contributed by atoms with E-state index in [0.29, 0.717) is 19.5 Å². The fourth-order valence-corrected chi connectivity index (χ4v) is 4.25. The standard InChI is InChI=1S/C13H23ClN2O4S/c14-21(18,19)11-12-9-13(17)16(10-12)4-2-1-3-15-5-7-20-8-6-15/h12H,1-11H2. The topological polar surface area (TPSA) is 66.9 Å². The number of rotatable bonds is 7. The third kappa shape index (κ3) is 6.10. The average molecular weight is 339 g/mol. The number of carbonyl (C=O) groups is 1. The summed E-state index contributed by atoms with van der Waals surface area (Å²) in [5, 5.41) is 0. The second-order valence-corrected chi connectivity index (χ2v) is 8.60. The summed E-state index contributed by atoms with van der Waals surface area (Å²) < 4.78 is 27.4. The average Bonchev–Trinajstić information content (AvgIpc) is 2.74. The van der Waals surface area contributed by atoms with Crippen LogP contribution in [0.1, 0.15) is 19.3 Å². The number of amides is 1. The van der Waals surface area contributed by atoms with Gasteiger partial charge in [-0.05, 0) is 19.4 Å². The van der Waals surface area contributed by atoms with Gasteiger partial charge in [-0.15, -0.1) is 0 Å². The van der Waals surface area contributed by atoms with Gasteiger partial charge in [-0.3, -0.25) is 9.69 Å². The van der Waals surface area contributed by atoms with Gasteiger partial charge in [0.1, 0.15) is 0 Å². The van der Waals surface area contributed by atoms with E-state index in [1.807, 2.05) is 0 Å². The van der Waals surface area contributed by atoms with Gasteiger partial charge in [-0.1, -0.05) is 0 Å². The molecule has 2 fully saturated rings. The number of halogens is 1. The van der Waals surface area contributed by atoms with E-state index < -0.39 is 9.05 Å². The maximum absolute atomic E-state index is 11.8. The summed E-state index contributed by atoms with van der Waals surface area (Å²) in [6.07, 6.45) is 2.29. The molecule has 0 N–H and O–H groups in total. The molecule has 0 aliphatic carbocycles. The molecule has 122 valence electrons. The summed E-state index contributed by atoms with van der Waals surface area (Å²) >= 11 is 0. The van der Waals surface area contributed by atoms with Crippen molar-refractivity contribution < 1.29 is 17.9 Å². The molecule has 6 nitrogen and oxygen atoms in total. The van der Waals surface area contributed by atoms with Crippen LogP contribution in [0.2, 0.25) is 0 Å². The van der Waals surface area contributed by atoms with Crippen molar-refractivity contribution in [3.05, 3.63) is 0 Å². The minimum absolute atomic E-state index is 0.0479. The lowest BCUT2D eigenvalue weighted by Gasteiger charge is -2.26. The van der Waals surface area contributed by atoms with Gasteiger partial charge in [0.05, 0.1) is 19.0 Å². The van der Waals surface area contributed by atoms with Gasteiger partial charge in [0.2, 0.25) is 15.0 Å². The van der Waals surface area contributed by atoms with Crippen LogP contribution in [0.25, 0.3) is 0 Å². The molecule has 2 heterocycles. The predicted octanol–water partition coefficient (Wildman–Crippen LogP) is 0.516. The molecule has 0 aromatic heterocycles. The third-order valence-electron chi connectivity index (χ3n) is 3.99. The second kappa shape index (κ2) is 7.76. The molecule has 0 radical (unpaired) electrons. The van der Waals surface area contributed by atoms with Crippen LogP contribution in [0.3, 0.4) is 0 Å². The van der Waals surface area contributed by atoms with Gasteiger partial charge < -0.3 is 9.64 Å². The SMILES string of the molecule is O=C1CC(CS(=O)(=O)Cl)CN1CCCCN1CCOCC1. The van der Waals surface area contributed by atoms with E-state index in [-0.39, 0.29) is 17.6 Å². The summed E-state index contributed by atoms with van der Waals surface area (Å²) in [6, 6.07) is 0. The largest absolute Gasteiger partial charge is 0.379 e. The highest BCUT2D eigenvalue weighted by atomic mass is 35.7. The van der Waals surface area contributed by atoms with Crippen LogP contribution >= 0.6 is 10.7 Å². The molecular formula is C13H23ClN2O4S. The first-order chi connectivity index (χ1) is 9.94. The van der Waals surface area contributed by atoms with Crippen molar-refractivity contribution in [2.45, 2.75) is 19.3 Å². The second-order valence-electron chi connectivity index (χ2n) is 5.78. The Labute approximate surface area is 130 Å². The fourth-order valence-electron chi connectivity index (χ4n) is 2.93. The highest BCUT2D eigenvalue weighted by Crippen LogP contribution is 2.21. The monoisotopic (exact) mass is 338 g/mol. The molecule has 0 aromatic rings. The smallest absolute Gasteiger partial charge is 0.232 e. The van der Waals surface area contributed by atoms with Gasteiger partial charge in [-0.2, -0.15) is 0 Å². The summed E-state index contributed by atoms with van der Waals surface area (Å²) in [4.78, 5) is 16.0. The van der Waals surface area contributed by atoms with E-state index in [2.05, 4.69) is 4.90 Å². The molecule has 2 aliphatic rings. The Hall–Kier alpha value is -0.370. The molecule has 0 saturated carbocycles. The van der Waals surface area contributed by atoms with E-state index in [9.17, 15) is 13.2 Å². The van der Waals surface area contributed by atoms with Crippen LogP contribution in [0.15, 0.2) is 0 Å². The first kappa shape index (κ1) is 17.0. The van der Waals surface area contributed by atoms with Gasteiger partial charge in [0, 0.05) is 49.2 Å². The molecule has 0 aromatic carbocycles. The van der Waals surface area contributed by atoms with Crippen molar-refractivity contribution in [1.82, 2.24) is 9.80 Å². The maximum atomic E-state index is 11.8. The number of unbranched alkanes of at least 4 members (excludes halogenated alkanes) is 1. The fraction of sp³-hybridized carbons (Fsp3) is 0.923. The van der Waals surface area contributed by atoms with Crippen molar-refractivity contribution in [1.29, 1.82) is 0 Å². The number of hydrogen-bond donors (Lipinski definition) is 0. The van der Waals surface area contributed by atoms with Gasteiger partial charge in [-0.25, -0.2) is 8.42 Å². The Balaban J connectivity index is 1.63. The molecule has 2 aliphatic heterocycles. The minimum Gasteiger partial charge on any atom is -0.379 e. The maximum Gasteiger partial charge on any atom is 0.232 e. The van der Waals surface area contributed by atoms with Crippen molar-refractivity contribution in [2.75, 3.05) is 51.7 Å². The van der Waals surface area contributed by atoms with E-state index >= 15 is 0 Å². The molecule has 1 atom stereocenters. The number of nitrogens with zero attached hydrogens (tertiary/aromatic N) is 2. The van der Waals surface area contributed by atoms with Crippen LogP contribution in [0, 0.1) is 5.92 Å². The zero-order valence-corrected chi connectivity index (χ0v) is 13.7. The Morgan fingerprint density at radius 2 is 1.86 bits per heavy atom. The first-order valence-electron chi connectivity index (χ1n) is 7.44. The highest BCUT2D eigenvalue weighted by molar-refractivity contribution is 8.13. The zero-order valence-electron chi connectivity index (χ0n) is 12.2. The number of likely N-dealkylation sites (tertiary alicyclic amines) is 1. The Bertz CT molecular complexity index is 451. The Morgan fingerprint density at radius 3 is 2.52 bits per heavy atom. The van der Waals surface area contributed by atoms with E-state index in [1.165, 1.54) is 0 Å². The van der Waals surface area contributed by atoms with Crippen LogP contribution < -0.4 is 0 Å². The molecule has 2 saturated heterocycles. The first-order valence-corrected chi connectivity index (χ1v) is 9.92. The summed E-state index contributed by atoms with van der Waals surface area (Å²) in [6.45, 7) is 5.84. The molecule has 1 amide bonds. The number of hydrogen-bond acceptors (Lipinski definition) is 5. The third-order valence-corrected chi connectivity index (χ3v) is 5.23. The van der Waals surface area contributed by atoms with Crippen LogP contribution in [-0.4, -0.2) is 75.8 Å². The lowest BCUT2D eigenvalue weighted by atomic mass is 10.1. The van der Waals surface area contributed by atoms with Crippen molar-refractivity contribution in [3.63, 3.8) is 0 Å². The summed E-state index contributed by atoms with van der Waals surface area (Å²) in [5.41, 5.74) is 0. The van der Waals surface area contributed by atoms with Gasteiger partial charge in [0.15, 0.2) is 0 Å². The van der Waals surface area contributed by atoms with Crippen LogP contribution in [0.4, 0.5) is 0 Å². The summed E-state index contributed by atoms with van der Waals surface area (Å²) in [5.74, 6) is -0.212. The molecular weight excluding hydrogens is 316 g/mol. The lowest BCUT2D eigenvalue weighted by molar-refractivity contribution is -0.127. The minimum atomic E-state index is -3.52. The van der Waals surface area contributed by atoms with Crippen molar-refractivity contribution >= 4 is 25.6 Å².